The maximum atomic E-state index is 4.50. The van der Waals surface area contributed by atoms with Gasteiger partial charge in [0.25, 0.3) is 0 Å². The molecule has 1 aromatic carbocycles. The normalized spacial score (nSPS) is 35.6. The first-order chi connectivity index (χ1) is 11.3. The van der Waals surface area contributed by atoms with Gasteiger partial charge in [-0.25, -0.2) is 0 Å². The van der Waals surface area contributed by atoms with Crippen LogP contribution in [0.1, 0.15) is 50.5 Å². The third-order valence-corrected chi connectivity index (χ3v) is 6.89. The fourth-order valence-electron chi connectivity index (χ4n) is 5.98. The summed E-state index contributed by atoms with van der Waals surface area (Å²) in [6.45, 7) is 0.993. The molecule has 4 unspecified atom stereocenters. The molecule has 3 aliphatic rings. The van der Waals surface area contributed by atoms with Crippen LogP contribution in [0.5, 0.6) is 0 Å². The molecule has 23 heavy (non-hydrogen) atoms. The molecule has 120 valence electrons. The third-order valence-electron chi connectivity index (χ3n) is 6.89. The van der Waals surface area contributed by atoms with Crippen molar-refractivity contribution >= 4 is 10.9 Å². The summed E-state index contributed by atoms with van der Waals surface area (Å²) in [4.78, 5) is 4.50. The number of fused-ring (bicyclic) bond motifs is 3. The van der Waals surface area contributed by atoms with Crippen LogP contribution >= 0.6 is 0 Å². The highest BCUT2D eigenvalue weighted by molar-refractivity contribution is 5.81. The number of benzene rings is 1. The smallest absolute Gasteiger partial charge is 0.0705 e. The number of hydrogen-bond donors (Lipinski definition) is 1. The van der Waals surface area contributed by atoms with E-state index in [9.17, 15) is 0 Å². The Hall–Kier alpha value is -1.41. The molecule has 2 heteroatoms. The highest BCUT2D eigenvalue weighted by Gasteiger charge is 2.49. The number of nitrogens with one attached hydrogen (secondary N) is 1. The molecular weight excluding hydrogens is 280 g/mol. The first-order valence-electron chi connectivity index (χ1n) is 9.39. The van der Waals surface area contributed by atoms with Crippen LogP contribution in [0.25, 0.3) is 10.9 Å². The van der Waals surface area contributed by atoms with Crippen molar-refractivity contribution in [2.75, 3.05) is 0 Å². The van der Waals surface area contributed by atoms with Gasteiger partial charge in [-0.3, -0.25) is 4.98 Å². The summed E-state index contributed by atoms with van der Waals surface area (Å²) in [7, 11) is 0. The summed E-state index contributed by atoms with van der Waals surface area (Å²) < 4.78 is 0. The summed E-state index contributed by atoms with van der Waals surface area (Å²) in [6, 6.07) is 10.7. The minimum atomic E-state index is 0.420. The van der Waals surface area contributed by atoms with E-state index in [1.54, 1.807) is 0 Å². The van der Waals surface area contributed by atoms with E-state index in [4.69, 9.17) is 0 Å². The molecule has 1 aromatic heterocycles. The van der Waals surface area contributed by atoms with Gasteiger partial charge < -0.3 is 5.32 Å². The SMILES string of the molecule is c1ccc2c(CNC34CCCC5CC(CC5C3)C4)ccnc2c1. The van der Waals surface area contributed by atoms with Crippen molar-refractivity contribution in [1.29, 1.82) is 0 Å². The molecule has 3 aliphatic carbocycles. The van der Waals surface area contributed by atoms with Gasteiger partial charge in [0, 0.05) is 23.7 Å². The Morgan fingerprint density at radius 1 is 1.09 bits per heavy atom. The van der Waals surface area contributed by atoms with Crippen LogP contribution in [0.2, 0.25) is 0 Å². The molecule has 2 aromatic rings. The first-order valence-corrected chi connectivity index (χ1v) is 9.39. The molecule has 1 N–H and O–H groups in total. The standard InChI is InChI=1S/C21H26N2/c1-2-6-20-19(5-1)17(7-9-22-20)14-23-21-8-3-4-16-10-15(12-21)11-18(16)13-21/h1-2,5-7,9,15-16,18,23H,3-4,8,10-14H2. The Balaban J connectivity index is 1.41. The molecule has 1 heterocycles. The Morgan fingerprint density at radius 3 is 3.00 bits per heavy atom. The summed E-state index contributed by atoms with van der Waals surface area (Å²) >= 11 is 0. The number of hydrogen-bond acceptors (Lipinski definition) is 2. The van der Waals surface area contributed by atoms with Gasteiger partial charge in [-0.1, -0.05) is 31.0 Å². The van der Waals surface area contributed by atoms with Gasteiger partial charge in [0.1, 0.15) is 0 Å². The number of pyridine rings is 1. The molecule has 4 atom stereocenters. The monoisotopic (exact) mass is 306 g/mol. The van der Waals surface area contributed by atoms with Crippen LogP contribution in [0.15, 0.2) is 36.5 Å². The second-order valence-corrected chi connectivity index (χ2v) is 8.28. The van der Waals surface area contributed by atoms with Crippen LogP contribution in [-0.4, -0.2) is 10.5 Å². The quantitative estimate of drug-likeness (QED) is 0.890. The van der Waals surface area contributed by atoms with Crippen LogP contribution in [0, 0.1) is 17.8 Å². The van der Waals surface area contributed by atoms with Gasteiger partial charge >= 0.3 is 0 Å². The Kier molecular flexibility index (Phi) is 3.22. The second-order valence-electron chi connectivity index (χ2n) is 8.28. The predicted octanol–water partition coefficient (Wildman–Crippen LogP) is 4.68. The van der Waals surface area contributed by atoms with Crippen molar-refractivity contribution < 1.29 is 0 Å². The molecular formula is C21H26N2. The van der Waals surface area contributed by atoms with Gasteiger partial charge in [-0.15, -0.1) is 0 Å². The average Bonchev–Trinajstić information content (AvgIpc) is 2.80. The molecule has 2 nitrogen and oxygen atoms in total. The molecule has 0 radical (unpaired) electrons. The molecule has 0 amide bonds. The molecule has 3 bridgehead atoms. The van der Waals surface area contributed by atoms with Gasteiger partial charge in [-0.2, -0.15) is 0 Å². The number of rotatable bonds is 3. The molecule has 0 saturated heterocycles. The average molecular weight is 306 g/mol. The van der Waals surface area contributed by atoms with E-state index in [0.717, 1.165) is 29.8 Å². The lowest BCUT2D eigenvalue weighted by Crippen LogP contribution is -2.48. The van der Waals surface area contributed by atoms with Crippen molar-refractivity contribution in [2.45, 2.75) is 57.0 Å². The molecule has 0 spiro atoms. The van der Waals surface area contributed by atoms with Crippen molar-refractivity contribution in [3.8, 4) is 0 Å². The van der Waals surface area contributed by atoms with Crippen LogP contribution in [0.3, 0.4) is 0 Å². The fourth-order valence-corrected chi connectivity index (χ4v) is 5.98. The largest absolute Gasteiger partial charge is 0.307 e. The van der Waals surface area contributed by atoms with Crippen molar-refractivity contribution in [2.24, 2.45) is 17.8 Å². The summed E-state index contributed by atoms with van der Waals surface area (Å²) in [5, 5.41) is 5.35. The zero-order valence-electron chi connectivity index (χ0n) is 13.8. The lowest BCUT2D eigenvalue weighted by atomic mass is 9.73. The highest BCUT2D eigenvalue weighted by Crippen LogP contribution is 2.55. The topological polar surface area (TPSA) is 24.9 Å². The van der Waals surface area contributed by atoms with Crippen molar-refractivity contribution in [3.05, 3.63) is 42.1 Å². The molecule has 3 fully saturated rings. The zero-order chi connectivity index (χ0) is 15.3. The Bertz CT molecular complexity index is 719. The van der Waals surface area contributed by atoms with Crippen LogP contribution in [0.4, 0.5) is 0 Å². The fraction of sp³-hybridized carbons (Fsp3) is 0.571. The van der Waals surface area contributed by atoms with E-state index in [-0.39, 0.29) is 0 Å². The van der Waals surface area contributed by atoms with Crippen molar-refractivity contribution in [3.63, 3.8) is 0 Å². The minimum absolute atomic E-state index is 0.420. The van der Waals surface area contributed by atoms with E-state index in [0.29, 0.717) is 5.54 Å². The third kappa shape index (κ3) is 2.39. The van der Waals surface area contributed by atoms with E-state index in [1.807, 2.05) is 6.20 Å². The molecule has 0 aliphatic heterocycles. The number of aromatic nitrogens is 1. The summed E-state index contributed by atoms with van der Waals surface area (Å²) in [5.41, 5.74) is 2.95. The Labute approximate surface area is 138 Å². The van der Waals surface area contributed by atoms with Gasteiger partial charge in [-0.05, 0) is 67.6 Å². The van der Waals surface area contributed by atoms with Gasteiger partial charge in [0.15, 0.2) is 0 Å². The van der Waals surface area contributed by atoms with Crippen LogP contribution < -0.4 is 5.32 Å². The second kappa shape index (κ2) is 5.31. The highest BCUT2D eigenvalue weighted by atomic mass is 15.0. The minimum Gasteiger partial charge on any atom is -0.307 e. The molecule has 3 saturated carbocycles. The van der Waals surface area contributed by atoms with Gasteiger partial charge in [0.2, 0.25) is 0 Å². The van der Waals surface area contributed by atoms with Crippen molar-refractivity contribution in [1.82, 2.24) is 10.3 Å². The lowest BCUT2D eigenvalue weighted by molar-refractivity contribution is 0.163. The van der Waals surface area contributed by atoms with E-state index < -0.39 is 0 Å². The summed E-state index contributed by atoms with van der Waals surface area (Å²) in [6.07, 6.45) is 12.2. The first kappa shape index (κ1) is 14.0. The van der Waals surface area contributed by atoms with E-state index in [1.165, 1.54) is 55.9 Å². The number of para-hydroxylation sites is 1. The maximum absolute atomic E-state index is 4.50. The molecule has 5 rings (SSSR count). The lowest BCUT2D eigenvalue weighted by Gasteiger charge is -2.41. The predicted molar refractivity (Wildman–Crippen MR) is 94.1 cm³/mol. The Morgan fingerprint density at radius 2 is 2.00 bits per heavy atom. The van der Waals surface area contributed by atoms with Gasteiger partial charge in [0.05, 0.1) is 5.52 Å². The summed E-state index contributed by atoms with van der Waals surface area (Å²) in [5.74, 6) is 3.06. The van der Waals surface area contributed by atoms with E-state index in [2.05, 4.69) is 40.6 Å². The number of nitrogens with zero attached hydrogens (tertiary/aromatic N) is 1. The zero-order valence-corrected chi connectivity index (χ0v) is 13.8. The van der Waals surface area contributed by atoms with Crippen LogP contribution in [-0.2, 0) is 6.54 Å². The maximum Gasteiger partial charge on any atom is 0.0705 e. The van der Waals surface area contributed by atoms with E-state index >= 15 is 0 Å².